The van der Waals surface area contributed by atoms with Crippen molar-refractivity contribution < 1.29 is 13.9 Å². The van der Waals surface area contributed by atoms with Crippen molar-refractivity contribution in [3.63, 3.8) is 0 Å². The maximum absolute atomic E-state index is 14.0. The Labute approximate surface area is 141 Å². The van der Waals surface area contributed by atoms with Crippen LogP contribution in [0.3, 0.4) is 0 Å². The number of halogens is 2. The summed E-state index contributed by atoms with van der Waals surface area (Å²) in [7, 11) is 0. The molecule has 0 aliphatic carbocycles. The minimum absolute atomic E-state index is 0.00903. The predicted octanol–water partition coefficient (Wildman–Crippen LogP) is 3.78. The number of aliphatic hydroxyl groups excluding tert-OH is 1. The lowest BCUT2D eigenvalue weighted by molar-refractivity contribution is 0.0283. The van der Waals surface area contributed by atoms with Crippen molar-refractivity contribution >= 4 is 0 Å². The summed E-state index contributed by atoms with van der Waals surface area (Å²) in [5.41, 5.74) is 1.34. The van der Waals surface area contributed by atoms with Crippen molar-refractivity contribution in [3.8, 4) is 0 Å². The summed E-state index contributed by atoms with van der Waals surface area (Å²) in [5.74, 6) is -1.09. The van der Waals surface area contributed by atoms with Crippen LogP contribution in [0.2, 0.25) is 0 Å². The van der Waals surface area contributed by atoms with Crippen LogP contribution in [0.5, 0.6) is 0 Å². The van der Waals surface area contributed by atoms with E-state index in [0.29, 0.717) is 12.0 Å². The Morgan fingerprint density at radius 2 is 1.88 bits per heavy atom. The number of piperidine rings is 1. The van der Waals surface area contributed by atoms with Gasteiger partial charge in [-0.2, -0.15) is 0 Å². The van der Waals surface area contributed by atoms with Gasteiger partial charge in [0, 0.05) is 24.6 Å². The molecule has 24 heavy (non-hydrogen) atoms. The van der Waals surface area contributed by atoms with Gasteiger partial charge in [0.2, 0.25) is 0 Å². The first-order chi connectivity index (χ1) is 11.6. The predicted molar refractivity (Wildman–Crippen MR) is 90.5 cm³/mol. The van der Waals surface area contributed by atoms with Crippen LogP contribution < -0.4 is 0 Å². The molecule has 4 heteroatoms. The smallest absolute Gasteiger partial charge is 0.129 e. The molecule has 0 spiro atoms. The van der Waals surface area contributed by atoms with E-state index in [2.05, 4.69) is 17.0 Å². The summed E-state index contributed by atoms with van der Waals surface area (Å²) in [4.78, 5) is 2.32. The number of benzene rings is 2. The average Bonchev–Trinajstić information content (AvgIpc) is 2.59. The molecule has 1 fully saturated rings. The van der Waals surface area contributed by atoms with Gasteiger partial charge in [-0.05, 0) is 43.0 Å². The summed E-state index contributed by atoms with van der Waals surface area (Å²) in [6.07, 6.45) is 2.25. The normalized spacial score (nSPS) is 21.8. The van der Waals surface area contributed by atoms with Crippen molar-refractivity contribution in [3.05, 3.63) is 71.3 Å². The Morgan fingerprint density at radius 3 is 2.58 bits per heavy atom. The molecule has 2 nitrogen and oxygen atoms in total. The third kappa shape index (κ3) is 4.00. The van der Waals surface area contributed by atoms with Gasteiger partial charge in [0.15, 0.2) is 0 Å². The molecule has 0 radical (unpaired) electrons. The monoisotopic (exact) mass is 331 g/mol. The molecule has 2 aromatic carbocycles. The summed E-state index contributed by atoms with van der Waals surface area (Å²) >= 11 is 0. The van der Waals surface area contributed by atoms with Crippen LogP contribution in [0, 0.1) is 17.0 Å². The van der Waals surface area contributed by atoms with Gasteiger partial charge in [0.1, 0.15) is 11.6 Å². The largest absolute Gasteiger partial charge is 0.396 e. The molecule has 0 amide bonds. The number of rotatable bonds is 5. The van der Waals surface area contributed by atoms with E-state index < -0.39 is 11.6 Å². The van der Waals surface area contributed by atoms with Crippen LogP contribution >= 0.6 is 0 Å². The van der Waals surface area contributed by atoms with E-state index in [1.807, 2.05) is 18.2 Å². The molecule has 0 aromatic heterocycles. The second-order valence-electron chi connectivity index (χ2n) is 6.87. The summed E-state index contributed by atoms with van der Waals surface area (Å²) in [6, 6.07) is 13.9. The van der Waals surface area contributed by atoms with Gasteiger partial charge in [-0.1, -0.05) is 36.4 Å². The standard InChI is InChI=1S/C20H23F2NO/c21-18-8-7-17(19(22)11-18)12-20(15-24)9-4-10-23(14-20)13-16-5-2-1-3-6-16/h1-3,5-8,11,24H,4,9-10,12-15H2. The van der Waals surface area contributed by atoms with E-state index in [1.165, 1.54) is 17.7 Å². The number of nitrogens with zero attached hydrogens (tertiary/aromatic N) is 1. The molecule has 0 bridgehead atoms. The van der Waals surface area contributed by atoms with Gasteiger partial charge in [0.05, 0.1) is 6.61 Å². The van der Waals surface area contributed by atoms with Crippen molar-refractivity contribution in [2.75, 3.05) is 19.7 Å². The van der Waals surface area contributed by atoms with Crippen molar-refractivity contribution in [1.29, 1.82) is 0 Å². The Bertz CT molecular complexity index is 677. The SMILES string of the molecule is OCC1(Cc2ccc(F)cc2F)CCCN(Cc2ccccc2)C1. The van der Waals surface area contributed by atoms with Crippen molar-refractivity contribution in [2.45, 2.75) is 25.8 Å². The highest BCUT2D eigenvalue weighted by Crippen LogP contribution is 2.34. The molecule has 1 N–H and O–H groups in total. The molecule has 1 aliphatic heterocycles. The van der Waals surface area contributed by atoms with Crippen LogP contribution in [-0.4, -0.2) is 29.7 Å². The zero-order chi connectivity index (χ0) is 17.0. The van der Waals surface area contributed by atoms with Gasteiger partial charge in [0.25, 0.3) is 0 Å². The topological polar surface area (TPSA) is 23.5 Å². The molecule has 1 unspecified atom stereocenters. The second-order valence-corrected chi connectivity index (χ2v) is 6.87. The number of hydrogen-bond acceptors (Lipinski definition) is 2. The van der Waals surface area contributed by atoms with E-state index in [1.54, 1.807) is 0 Å². The van der Waals surface area contributed by atoms with E-state index in [4.69, 9.17) is 0 Å². The second kappa shape index (κ2) is 7.41. The van der Waals surface area contributed by atoms with Crippen molar-refractivity contribution in [1.82, 2.24) is 4.90 Å². The lowest BCUT2D eigenvalue weighted by Gasteiger charge is -2.42. The van der Waals surface area contributed by atoms with E-state index in [9.17, 15) is 13.9 Å². The molecule has 1 aliphatic rings. The minimum atomic E-state index is -0.566. The van der Waals surface area contributed by atoms with Crippen LogP contribution in [0.1, 0.15) is 24.0 Å². The Morgan fingerprint density at radius 1 is 1.08 bits per heavy atom. The molecule has 2 aromatic rings. The van der Waals surface area contributed by atoms with Gasteiger partial charge < -0.3 is 5.11 Å². The third-order valence-corrected chi connectivity index (χ3v) is 4.91. The highest BCUT2D eigenvalue weighted by Gasteiger charge is 2.35. The van der Waals surface area contributed by atoms with Gasteiger partial charge in [-0.15, -0.1) is 0 Å². The molecular formula is C20H23F2NO. The van der Waals surface area contributed by atoms with Crippen LogP contribution in [0.25, 0.3) is 0 Å². The highest BCUT2D eigenvalue weighted by atomic mass is 19.1. The first kappa shape index (κ1) is 17.1. The lowest BCUT2D eigenvalue weighted by Crippen LogP contribution is -2.46. The number of hydrogen-bond donors (Lipinski definition) is 1. The molecule has 0 saturated carbocycles. The molecular weight excluding hydrogens is 308 g/mol. The maximum atomic E-state index is 14.0. The number of likely N-dealkylation sites (tertiary alicyclic amines) is 1. The number of aliphatic hydroxyl groups is 1. The van der Waals surface area contributed by atoms with Gasteiger partial charge in [-0.3, -0.25) is 4.90 Å². The molecule has 128 valence electrons. The summed E-state index contributed by atoms with van der Waals surface area (Å²) < 4.78 is 27.1. The van der Waals surface area contributed by atoms with E-state index >= 15 is 0 Å². The zero-order valence-corrected chi connectivity index (χ0v) is 13.7. The first-order valence-corrected chi connectivity index (χ1v) is 8.41. The molecule has 1 atom stereocenters. The molecule has 1 heterocycles. The Hall–Kier alpha value is -1.78. The first-order valence-electron chi connectivity index (χ1n) is 8.41. The molecule has 1 saturated heterocycles. The maximum Gasteiger partial charge on any atom is 0.129 e. The summed E-state index contributed by atoms with van der Waals surface area (Å²) in [6.45, 7) is 2.53. The van der Waals surface area contributed by atoms with E-state index in [-0.39, 0.29) is 12.0 Å². The van der Waals surface area contributed by atoms with Crippen LogP contribution in [0.15, 0.2) is 48.5 Å². The van der Waals surface area contributed by atoms with Crippen LogP contribution in [-0.2, 0) is 13.0 Å². The third-order valence-electron chi connectivity index (χ3n) is 4.91. The fraction of sp³-hybridized carbons (Fsp3) is 0.400. The van der Waals surface area contributed by atoms with E-state index in [0.717, 1.165) is 38.5 Å². The zero-order valence-electron chi connectivity index (χ0n) is 13.7. The minimum Gasteiger partial charge on any atom is -0.396 e. The quantitative estimate of drug-likeness (QED) is 0.901. The highest BCUT2D eigenvalue weighted by molar-refractivity contribution is 5.21. The molecule has 3 rings (SSSR count). The van der Waals surface area contributed by atoms with Gasteiger partial charge >= 0.3 is 0 Å². The fourth-order valence-electron chi connectivity index (χ4n) is 3.68. The Balaban J connectivity index is 1.73. The van der Waals surface area contributed by atoms with Crippen LogP contribution in [0.4, 0.5) is 8.78 Å². The lowest BCUT2D eigenvalue weighted by atomic mass is 9.75. The van der Waals surface area contributed by atoms with Gasteiger partial charge in [-0.25, -0.2) is 8.78 Å². The van der Waals surface area contributed by atoms with Crippen molar-refractivity contribution in [2.24, 2.45) is 5.41 Å². The average molecular weight is 331 g/mol. The summed E-state index contributed by atoms with van der Waals surface area (Å²) in [5, 5.41) is 10.0. The Kier molecular flexibility index (Phi) is 5.27. The fourth-order valence-corrected chi connectivity index (χ4v) is 3.68.